The van der Waals surface area contributed by atoms with Gasteiger partial charge < -0.3 is 5.11 Å². The molecule has 2 heteroatoms. The van der Waals surface area contributed by atoms with Crippen molar-refractivity contribution >= 4 is 17.9 Å². The largest absolute Gasteiger partial charge is 0.388 e. The average molecular weight is 404 g/mol. The smallest absolute Gasteiger partial charge is 0.107 e. The van der Waals surface area contributed by atoms with Gasteiger partial charge in [0.05, 0.1) is 19.5 Å². The monoisotopic (exact) mass is 403 g/mol. The Morgan fingerprint density at radius 2 is 1.28 bits per heavy atom. The molecule has 150 valence electrons. The number of hydrogen-bond donors (Lipinski definition) is 1. The summed E-state index contributed by atoms with van der Waals surface area (Å²) in [7, 11) is -1.71. The molecule has 0 unspecified atom stereocenters. The molecule has 2 atom stereocenters. The van der Waals surface area contributed by atoms with Crippen LogP contribution in [0.3, 0.4) is 0 Å². The third kappa shape index (κ3) is 3.25. The van der Waals surface area contributed by atoms with Crippen LogP contribution in [-0.2, 0) is 6.42 Å². The molecule has 1 aliphatic heterocycles. The topological polar surface area (TPSA) is 20.2 Å². The fourth-order valence-electron chi connectivity index (χ4n) is 5.42. The fraction of sp³-hybridized carbons (Fsp3) is 0.333. The highest BCUT2D eigenvalue weighted by molar-refractivity contribution is 7.91. The van der Waals surface area contributed by atoms with Crippen molar-refractivity contribution in [1.82, 2.24) is 0 Å². The molecule has 0 spiro atoms. The molecule has 0 radical (unpaired) electrons. The third-order valence-electron chi connectivity index (χ3n) is 6.91. The van der Waals surface area contributed by atoms with Gasteiger partial charge in [-0.3, -0.25) is 0 Å². The molecule has 3 aromatic carbocycles. The summed E-state index contributed by atoms with van der Waals surface area (Å²) >= 11 is 0. The Balaban J connectivity index is 1.77. The third-order valence-corrected chi connectivity index (χ3v) is 12.1. The lowest BCUT2D eigenvalue weighted by atomic mass is 9.79. The van der Waals surface area contributed by atoms with Gasteiger partial charge >= 0.3 is 0 Å². The molecule has 0 aliphatic carbocycles. The predicted octanol–water partition coefficient (Wildman–Crippen LogP) is 5.67. The molecule has 3 aromatic rings. The SMILES string of the molecule is CC[P+]1([C@H](C)[C@@H](O)C(C)(C)Cc2ccccc2)c2ccccc2-c2ccccc21. The van der Waals surface area contributed by atoms with Crippen LogP contribution in [0.2, 0.25) is 0 Å². The molecule has 0 fully saturated rings. The molecule has 1 nitrogen and oxygen atoms in total. The van der Waals surface area contributed by atoms with Crippen molar-refractivity contribution in [3.05, 3.63) is 84.4 Å². The summed E-state index contributed by atoms with van der Waals surface area (Å²) in [6, 6.07) is 28.4. The average Bonchev–Trinajstić information content (AvgIpc) is 3.04. The molecule has 1 aliphatic rings. The van der Waals surface area contributed by atoms with Gasteiger partial charge in [0.25, 0.3) is 0 Å². The highest BCUT2D eigenvalue weighted by Gasteiger charge is 2.57. The van der Waals surface area contributed by atoms with E-state index in [1.807, 2.05) is 0 Å². The van der Waals surface area contributed by atoms with Crippen LogP contribution < -0.4 is 10.6 Å². The summed E-state index contributed by atoms with van der Waals surface area (Å²) in [5.74, 6) is 0. The first kappa shape index (κ1) is 20.3. The Labute approximate surface area is 176 Å². The van der Waals surface area contributed by atoms with Crippen LogP contribution >= 0.6 is 7.26 Å². The second-order valence-corrected chi connectivity index (χ2v) is 13.2. The second kappa shape index (κ2) is 7.71. The van der Waals surface area contributed by atoms with Crippen LogP contribution in [0.5, 0.6) is 0 Å². The van der Waals surface area contributed by atoms with Gasteiger partial charge in [0, 0.05) is 11.1 Å². The maximum atomic E-state index is 11.7. The van der Waals surface area contributed by atoms with Gasteiger partial charge in [0.1, 0.15) is 16.3 Å². The zero-order valence-electron chi connectivity index (χ0n) is 18.0. The number of aliphatic hydroxyl groups is 1. The minimum Gasteiger partial charge on any atom is -0.388 e. The number of benzene rings is 3. The highest BCUT2D eigenvalue weighted by atomic mass is 31.2. The van der Waals surface area contributed by atoms with Crippen molar-refractivity contribution in [2.24, 2.45) is 5.41 Å². The maximum Gasteiger partial charge on any atom is 0.107 e. The lowest BCUT2D eigenvalue weighted by Gasteiger charge is -2.39. The number of hydrogen-bond acceptors (Lipinski definition) is 1. The molecular formula is C27H32OP+. The van der Waals surface area contributed by atoms with Crippen molar-refractivity contribution < 1.29 is 5.11 Å². The van der Waals surface area contributed by atoms with Crippen LogP contribution in [-0.4, -0.2) is 23.0 Å². The van der Waals surface area contributed by atoms with E-state index in [4.69, 9.17) is 0 Å². The summed E-state index contributed by atoms with van der Waals surface area (Å²) < 4.78 is 0. The summed E-state index contributed by atoms with van der Waals surface area (Å²) in [5, 5.41) is 14.7. The molecule has 0 saturated carbocycles. The second-order valence-electron chi connectivity index (χ2n) is 9.06. The summed E-state index contributed by atoms with van der Waals surface area (Å²) in [6.07, 6.45) is 1.59. The molecule has 0 bridgehead atoms. The fourth-order valence-corrected chi connectivity index (χ4v) is 10.7. The van der Waals surface area contributed by atoms with Crippen molar-refractivity contribution in [1.29, 1.82) is 0 Å². The van der Waals surface area contributed by atoms with E-state index < -0.39 is 7.26 Å². The Bertz CT molecular complexity index is 947. The van der Waals surface area contributed by atoms with Gasteiger partial charge in [-0.1, -0.05) is 80.6 Å². The van der Waals surface area contributed by atoms with Gasteiger partial charge in [-0.05, 0) is 43.4 Å². The number of rotatable bonds is 6. The first-order valence-corrected chi connectivity index (χ1v) is 12.8. The Morgan fingerprint density at radius 3 is 1.79 bits per heavy atom. The van der Waals surface area contributed by atoms with Crippen molar-refractivity contribution in [3.63, 3.8) is 0 Å². The minimum absolute atomic E-state index is 0.199. The lowest BCUT2D eigenvalue weighted by molar-refractivity contribution is 0.0505. The highest BCUT2D eigenvalue weighted by Crippen LogP contribution is 2.67. The van der Waals surface area contributed by atoms with Crippen LogP contribution in [0.1, 0.15) is 33.3 Å². The first-order valence-electron chi connectivity index (χ1n) is 10.7. The molecule has 0 amide bonds. The normalized spacial score (nSPS) is 16.7. The standard InChI is InChI=1S/C27H32OP/c1-5-29(20(2)26(28)27(3,4)19-21-13-7-6-8-14-21)24-17-11-9-15-22(24)23-16-10-12-18-25(23)29/h6-18,20,26,28H,5,19H2,1-4H3/q+1/t20-,26-/m1/s1. The molecular weight excluding hydrogens is 371 g/mol. The molecule has 1 heterocycles. The van der Waals surface area contributed by atoms with E-state index >= 15 is 0 Å². The minimum atomic E-state index is -1.71. The maximum absolute atomic E-state index is 11.7. The van der Waals surface area contributed by atoms with Gasteiger partial charge in [-0.2, -0.15) is 0 Å². The van der Waals surface area contributed by atoms with Crippen LogP contribution in [0.15, 0.2) is 78.9 Å². The zero-order valence-corrected chi connectivity index (χ0v) is 18.9. The van der Waals surface area contributed by atoms with Gasteiger partial charge in [0.2, 0.25) is 0 Å². The predicted molar refractivity (Wildman–Crippen MR) is 128 cm³/mol. The van der Waals surface area contributed by atoms with Gasteiger partial charge in [-0.15, -0.1) is 0 Å². The van der Waals surface area contributed by atoms with Gasteiger partial charge in [-0.25, -0.2) is 0 Å². The number of aliphatic hydroxyl groups excluding tert-OH is 1. The Kier molecular flexibility index (Phi) is 5.40. The lowest BCUT2D eigenvalue weighted by Crippen LogP contribution is -2.44. The zero-order chi connectivity index (χ0) is 20.6. The van der Waals surface area contributed by atoms with Gasteiger partial charge in [0.15, 0.2) is 0 Å². The van der Waals surface area contributed by atoms with Crippen molar-refractivity contribution in [3.8, 4) is 11.1 Å². The summed E-state index contributed by atoms with van der Waals surface area (Å²) in [6.45, 7) is 9.07. The van der Waals surface area contributed by atoms with Crippen LogP contribution in [0, 0.1) is 5.41 Å². The summed E-state index contributed by atoms with van der Waals surface area (Å²) in [5.41, 5.74) is 4.04. The molecule has 29 heavy (non-hydrogen) atoms. The van der Waals surface area contributed by atoms with E-state index in [0.29, 0.717) is 0 Å². The van der Waals surface area contributed by atoms with E-state index in [0.717, 1.165) is 12.6 Å². The Morgan fingerprint density at radius 1 is 0.793 bits per heavy atom. The van der Waals surface area contributed by atoms with E-state index in [1.165, 1.54) is 27.3 Å². The molecule has 1 N–H and O–H groups in total. The summed E-state index contributed by atoms with van der Waals surface area (Å²) in [4.78, 5) is 0. The van der Waals surface area contributed by atoms with Crippen molar-refractivity contribution in [2.75, 3.05) is 6.16 Å². The van der Waals surface area contributed by atoms with E-state index in [2.05, 4.69) is 107 Å². The van der Waals surface area contributed by atoms with E-state index in [9.17, 15) is 5.11 Å². The Hall–Kier alpha value is -1.95. The molecule has 0 saturated heterocycles. The van der Waals surface area contributed by atoms with Crippen LogP contribution in [0.25, 0.3) is 11.1 Å². The molecule has 0 aromatic heterocycles. The van der Waals surface area contributed by atoms with Crippen molar-refractivity contribution in [2.45, 2.75) is 45.9 Å². The van der Waals surface area contributed by atoms with Crippen LogP contribution in [0.4, 0.5) is 0 Å². The van der Waals surface area contributed by atoms with E-state index in [-0.39, 0.29) is 17.2 Å². The first-order chi connectivity index (χ1) is 13.9. The number of fused-ring (bicyclic) bond motifs is 3. The molecule has 4 rings (SSSR count). The van der Waals surface area contributed by atoms with E-state index in [1.54, 1.807) is 0 Å². The quantitative estimate of drug-likeness (QED) is 0.526.